The van der Waals surface area contributed by atoms with E-state index in [-0.39, 0.29) is 23.3 Å². The molecule has 9 nitrogen and oxygen atoms in total. The Balaban J connectivity index is 1.71. The first-order valence-corrected chi connectivity index (χ1v) is 11.5. The Hall–Kier alpha value is -3.40. The van der Waals surface area contributed by atoms with Gasteiger partial charge < -0.3 is 24.6 Å². The molecule has 0 aliphatic heterocycles. The molecule has 0 atom stereocenters. The molecule has 1 fully saturated rings. The number of nitrogens with zero attached hydrogens (tertiary/aromatic N) is 2. The number of hydrogen-bond acceptors (Lipinski definition) is 9. The maximum Gasteiger partial charge on any atom is 0.348 e. The fourth-order valence-electron chi connectivity index (χ4n) is 4.04. The monoisotopic (exact) mass is 471 g/mol. The molecular formula is C23H25N3O6S. The molecule has 174 valence electrons. The number of nitrogens with one attached hydrogen (secondary N) is 1. The van der Waals surface area contributed by atoms with E-state index < -0.39 is 5.97 Å². The van der Waals surface area contributed by atoms with Crippen LogP contribution in [0.5, 0.6) is 11.5 Å². The highest BCUT2D eigenvalue weighted by atomic mass is 32.1. The molecule has 0 spiro atoms. The first-order valence-electron chi connectivity index (χ1n) is 10.6. The van der Waals surface area contributed by atoms with Gasteiger partial charge in [-0.2, -0.15) is 0 Å². The fraction of sp³-hybridized carbons (Fsp3) is 0.391. The summed E-state index contributed by atoms with van der Waals surface area (Å²) in [5, 5.41) is 13.4. The van der Waals surface area contributed by atoms with E-state index in [1.807, 2.05) is 6.92 Å². The second-order valence-corrected chi connectivity index (χ2v) is 8.81. The lowest BCUT2D eigenvalue weighted by Gasteiger charge is -2.21. The minimum Gasteiger partial charge on any atom is -0.493 e. The van der Waals surface area contributed by atoms with Crippen molar-refractivity contribution in [2.45, 2.75) is 45.1 Å². The molecule has 2 aromatic heterocycles. The Bertz CT molecular complexity index is 1200. The summed E-state index contributed by atoms with van der Waals surface area (Å²) in [6.07, 6.45) is 6.41. The molecule has 1 aromatic carbocycles. The van der Waals surface area contributed by atoms with Crippen LogP contribution in [0.2, 0.25) is 0 Å². The molecule has 2 heterocycles. The quantitative estimate of drug-likeness (QED) is 0.461. The Morgan fingerprint density at radius 3 is 2.45 bits per heavy atom. The van der Waals surface area contributed by atoms with Crippen molar-refractivity contribution in [3.05, 3.63) is 34.5 Å². The second-order valence-electron chi connectivity index (χ2n) is 7.81. The van der Waals surface area contributed by atoms with Crippen LogP contribution in [0.1, 0.15) is 57.7 Å². The normalized spacial score (nSPS) is 14.2. The van der Waals surface area contributed by atoms with Gasteiger partial charge in [-0.05, 0) is 38.2 Å². The van der Waals surface area contributed by atoms with Crippen molar-refractivity contribution in [2.75, 3.05) is 19.5 Å². The van der Waals surface area contributed by atoms with Gasteiger partial charge in [0.25, 0.3) is 0 Å². The zero-order chi connectivity index (χ0) is 23.5. The molecule has 0 bridgehead atoms. The number of carboxylic acid groups (broad SMARTS) is 1. The van der Waals surface area contributed by atoms with E-state index in [4.69, 9.17) is 14.2 Å². The van der Waals surface area contributed by atoms with Crippen LogP contribution in [0.3, 0.4) is 0 Å². The predicted octanol–water partition coefficient (Wildman–Crippen LogP) is 4.95. The van der Waals surface area contributed by atoms with Crippen molar-refractivity contribution >= 4 is 45.0 Å². The minimum atomic E-state index is -1.14. The van der Waals surface area contributed by atoms with Gasteiger partial charge >= 0.3 is 11.9 Å². The van der Waals surface area contributed by atoms with Gasteiger partial charge in [-0.3, -0.25) is 0 Å². The van der Waals surface area contributed by atoms with Crippen LogP contribution in [0.4, 0.5) is 11.5 Å². The number of hydrogen-bond donors (Lipinski definition) is 2. The molecule has 0 unspecified atom stereocenters. The second kappa shape index (κ2) is 9.62. The summed E-state index contributed by atoms with van der Waals surface area (Å²) in [7, 11) is 2.91. The lowest BCUT2D eigenvalue weighted by Crippen LogP contribution is -2.20. The smallest absolute Gasteiger partial charge is 0.348 e. The topological polar surface area (TPSA) is 120 Å². The van der Waals surface area contributed by atoms with Gasteiger partial charge in [0.05, 0.1) is 30.9 Å². The van der Waals surface area contributed by atoms with Crippen LogP contribution in [-0.2, 0) is 4.74 Å². The first-order chi connectivity index (χ1) is 15.9. The van der Waals surface area contributed by atoms with E-state index in [1.54, 1.807) is 0 Å². The van der Waals surface area contributed by atoms with E-state index in [0.29, 0.717) is 38.0 Å². The summed E-state index contributed by atoms with van der Waals surface area (Å²) >= 11 is 1.24. The number of methoxy groups -OCH3 is 2. The number of aromatic carboxylic acids is 1. The van der Waals surface area contributed by atoms with Crippen molar-refractivity contribution in [1.29, 1.82) is 0 Å². The maximum absolute atomic E-state index is 12.9. The summed E-state index contributed by atoms with van der Waals surface area (Å²) < 4.78 is 16.3. The SMILES string of the molecule is COc1cc(Nc2ncnc3sc(C(=O)OC4CCCCC4)c(C)c23)c(C(=O)O)cc1OC. The molecule has 0 amide bonds. The molecule has 33 heavy (non-hydrogen) atoms. The lowest BCUT2D eigenvalue weighted by molar-refractivity contribution is 0.0216. The summed E-state index contributed by atoms with van der Waals surface area (Å²) in [6, 6.07) is 2.92. The average Bonchev–Trinajstić information content (AvgIpc) is 3.16. The molecule has 3 aromatic rings. The lowest BCUT2D eigenvalue weighted by atomic mass is 9.98. The van der Waals surface area contributed by atoms with Gasteiger partial charge in [0.1, 0.15) is 28.0 Å². The molecule has 2 N–H and O–H groups in total. The highest BCUT2D eigenvalue weighted by Crippen LogP contribution is 2.38. The molecule has 10 heteroatoms. The van der Waals surface area contributed by atoms with Gasteiger partial charge in [-0.1, -0.05) is 6.42 Å². The molecule has 0 radical (unpaired) electrons. The number of fused-ring (bicyclic) bond motifs is 1. The van der Waals surface area contributed by atoms with Crippen molar-refractivity contribution in [3.63, 3.8) is 0 Å². The number of benzene rings is 1. The number of carbonyl (C=O) groups excluding carboxylic acids is 1. The maximum atomic E-state index is 12.9. The van der Waals surface area contributed by atoms with Gasteiger partial charge in [-0.15, -0.1) is 11.3 Å². The third kappa shape index (κ3) is 4.56. The predicted molar refractivity (Wildman–Crippen MR) is 124 cm³/mol. The van der Waals surface area contributed by atoms with Crippen molar-refractivity contribution < 1.29 is 28.9 Å². The summed E-state index contributed by atoms with van der Waals surface area (Å²) in [6.45, 7) is 1.82. The Morgan fingerprint density at radius 1 is 1.09 bits per heavy atom. The zero-order valence-electron chi connectivity index (χ0n) is 18.6. The van der Waals surface area contributed by atoms with Crippen molar-refractivity contribution in [2.24, 2.45) is 0 Å². The number of esters is 1. The largest absolute Gasteiger partial charge is 0.493 e. The van der Waals surface area contributed by atoms with Gasteiger partial charge in [0.2, 0.25) is 0 Å². The average molecular weight is 472 g/mol. The number of thiophene rings is 1. The minimum absolute atomic E-state index is 0.00998. The van der Waals surface area contributed by atoms with Gasteiger partial charge in [-0.25, -0.2) is 19.6 Å². The van der Waals surface area contributed by atoms with E-state index in [0.717, 1.165) is 25.7 Å². The van der Waals surface area contributed by atoms with E-state index in [9.17, 15) is 14.7 Å². The summed E-state index contributed by atoms with van der Waals surface area (Å²) in [5.41, 5.74) is 0.956. The standard InChI is InChI=1S/C23H25N3O6S/c1-12-18-20(26-15-10-17(31-3)16(30-2)9-14(15)22(27)28)24-11-25-21(18)33-19(12)23(29)32-13-7-5-4-6-8-13/h9-11,13H,4-8H2,1-3H3,(H,27,28)(H,24,25,26). The fourth-order valence-corrected chi connectivity index (χ4v) is 5.07. The van der Waals surface area contributed by atoms with Crippen LogP contribution in [-0.4, -0.2) is 47.3 Å². The van der Waals surface area contributed by atoms with Crippen molar-refractivity contribution in [3.8, 4) is 11.5 Å². The van der Waals surface area contributed by atoms with E-state index >= 15 is 0 Å². The van der Waals surface area contributed by atoms with Crippen LogP contribution in [0.15, 0.2) is 18.5 Å². The molecule has 1 aliphatic rings. The third-order valence-corrected chi connectivity index (χ3v) is 6.93. The number of aromatic nitrogens is 2. The van der Waals surface area contributed by atoms with Crippen molar-refractivity contribution in [1.82, 2.24) is 9.97 Å². The van der Waals surface area contributed by atoms with Crippen LogP contribution in [0.25, 0.3) is 10.2 Å². The summed E-state index contributed by atoms with van der Waals surface area (Å²) in [4.78, 5) is 34.5. The first kappa shape index (κ1) is 22.8. The summed E-state index contributed by atoms with van der Waals surface area (Å²) in [5.74, 6) is -0.435. The Labute approximate surface area is 194 Å². The zero-order valence-corrected chi connectivity index (χ0v) is 19.5. The van der Waals surface area contributed by atoms with Crippen LogP contribution >= 0.6 is 11.3 Å². The van der Waals surface area contributed by atoms with Gasteiger partial charge in [0, 0.05) is 12.1 Å². The Kier molecular flexibility index (Phi) is 6.64. The number of aryl methyl sites for hydroxylation is 1. The van der Waals surface area contributed by atoms with Crippen LogP contribution < -0.4 is 14.8 Å². The molecular weight excluding hydrogens is 446 g/mol. The highest BCUT2D eigenvalue weighted by Gasteiger charge is 2.25. The highest BCUT2D eigenvalue weighted by molar-refractivity contribution is 7.20. The number of rotatable bonds is 7. The van der Waals surface area contributed by atoms with Gasteiger partial charge in [0.15, 0.2) is 11.5 Å². The molecule has 1 saturated carbocycles. The number of carboxylic acids is 1. The molecule has 0 saturated heterocycles. The third-order valence-electron chi connectivity index (χ3n) is 5.75. The van der Waals surface area contributed by atoms with E-state index in [1.165, 1.54) is 50.4 Å². The Morgan fingerprint density at radius 2 is 1.79 bits per heavy atom. The number of carbonyl (C=O) groups is 2. The van der Waals surface area contributed by atoms with E-state index in [2.05, 4.69) is 15.3 Å². The van der Waals surface area contributed by atoms with Crippen LogP contribution in [0, 0.1) is 6.92 Å². The number of ether oxygens (including phenoxy) is 3. The molecule has 4 rings (SSSR count). The molecule has 1 aliphatic carbocycles. The number of anilines is 2.